The summed E-state index contributed by atoms with van der Waals surface area (Å²) in [6.45, 7) is 13.6. The van der Waals surface area contributed by atoms with Gasteiger partial charge in [0, 0.05) is 25.2 Å². The number of hydrogen-bond acceptors (Lipinski definition) is 2. The molecule has 1 saturated heterocycles. The van der Waals surface area contributed by atoms with Gasteiger partial charge in [0.2, 0.25) is 0 Å². The summed E-state index contributed by atoms with van der Waals surface area (Å²) in [6.07, 6.45) is 2.70. The highest BCUT2D eigenvalue weighted by molar-refractivity contribution is 4.89. The summed E-state index contributed by atoms with van der Waals surface area (Å²) in [7, 11) is 0. The van der Waals surface area contributed by atoms with Crippen molar-refractivity contribution in [1.29, 1.82) is 0 Å². The molecule has 90 valence electrons. The maximum atomic E-state index is 5.96. The summed E-state index contributed by atoms with van der Waals surface area (Å²) in [6, 6.07) is 1.23. The fraction of sp³-hybridized carbons (Fsp3) is 1.00. The molecule has 0 aromatic rings. The molecule has 0 spiro atoms. The number of hydrogen-bond donors (Lipinski definition) is 1. The topological polar surface area (TPSA) is 29.3 Å². The molecule has 2 N–H and O–H groups in total. The van der Waals surface area contributed by atoms with Crippen molar-refractivity contribution in [3.63, 3.8) is 0 Å². The highest BCUT2D eigenvalue weighted by Crippen LogP contribution is 2.30. The molecule has 0 bridgehead atoms. The quantitative estimate of drug-likeness (QED) is 0.762. The molecule has 1 heterocycles. The molecule has 0 amide bonds. The van der Waals surface area contributed by atoms with Crippen LogP contribution in [0, 0.1) is 11.3 Å². The number of likely N-dealkylation sites (tertiary alicyclic amines) is 1. The minimum atomic E-state index is 0.292. The van der Waals surface area contributed by atoms with Crippen molar-refractivity contribution in [3.8, 4) is 0 Å². The normalized spacial score (nSPS) is 31.6. The molecule has 0 saturated carbocycles. The molecule has 0 aliphatic carbocycles. The van der Waals surface area contributed by atoms with Crippen molar-refractivity contribution in [2.45, 2.75) is 59.5 Å². The van der Waals surface area contributed by atoms with Gasteiger partial charge in [0.15, 0.2) is 0 Å². The van der Waals surface area contributed by atoms with Gasteiger partial charge in [-0.05, 0) is 31.1 Å². The Balaban J connectivity index is 2.73. The highest BCUT2D eigenvalue weighted by Gasteiger charge is 2.34. The zero-order chi connectivity index (χ0) is 11.6. The van der Waals surface area contributed by atoms with Crippen LogP contribution in [-0.4, -0.2) is 30.1 Å². The molecule has 1 aliphatic rings. The van der Waals surface area contributed by atoms with Crippen molar-refractivity contribution in [2.24, 2.45) is 17.1 Å². The summed E-state index contributed by atoms with van der Waals surface area (Å²) >= 11 is 0. The zero-order valence-corrected chi connectivity index (χ0v) is 11.1. The van der Waals surface area contributed by atoms with Crippen molar-refractivity contribution in [3.05, 3.63) is 0 Å². The predicted octanol–water partition coefficient (Wildman–Crippen LogP) is 2.48. The largest absolute Gasteiger partial charge is 0.329 e. The first-order chi connectivity index (χ1) is 6.86. The Morgan fingerprint density at radius 1 is 1.27 bits per heavy atom. The Morgan fingerprint density at radius 2 is 1.87 bits per heavy atom. The first kappa shape index (κ1) is 13.0. The summed E-state index contributed by atoms with van der Waals surface area (Å²) in [5.41, 5.74) is 6.25. The van der Waals surface area contributed by atoms with Gasteiger partial charge in [-0.25, -0.2) is 0 Å². The molecule has 1 fully saturated rings. The van der Waals surface area contributed by atoms with E-state index in [0.29, 0.717) is 17.5 Å². The van der Waals surface area contributed by atoms with E-state index in [2.05, 4.69) is 39.5 Å². The highest BCUT2D eigenvalue weighted by atomic mass is 15.2. The van der Waals surface area contributed by atoms with Gasteiger partial charge < -0.3 is 5.73 Å². The standard InChI is InChI=1S/C13H28N2/c1-10-6-7-11(2)15(9-10)12(8-14)13(3,4)5/h10-12H,6-9,14H2,1-5H3. The van der Waals surface area contributed by atoms with Gasteiger partial charge in [-0.3, -0.25) is 4.90 Å². The molecule has 0 aromatic carbocycles. The van der Waals surface area contributed by atoms with Crippen LogP contribution in [0.4, 0.5) is 0 Å². The Bertz CT molecular complexity index is 195. The smallest absolute Gasteiger partial charge is 0.0269 e. The second kappa shape index (κ2) is 4.84. The van der Waals surface area contributed by atoms with E-state index < -0.39 is 0 Å². The third kappa shape index (κ3) is 3.18. The molecular formula is C13H28N2. The van der Waals surface area contributed by atoms with E-state index >= 15 is 0 Å². The number of nitrogens with two attached hydrogens (primary N) is 1. The number of piperidine rings is 1. The van der Waals surface area contributed by atoms with Crippen LogP contribution < -0.4 is 5.73 Å². The van der Waals surface area contributed by atoms with Crippen molar-refractivity contribution in [2.75, 3.05) is 13.1 Å². The third-order valence-electron chi connectivity index (χ3n) is 3.79. The van der Waals surface area contributed by atoms with E-state index in [4.69, 9.17) is 5.73 Å². The monoisotopic (exact) mass is 212 g/mol. The number of rotatable bonds is 2. The van der Waals surface area contributed by atoms with E-state index in [1.165, 1.54) is 19.4 Å². The first-order valence-electron chi connectivity index (χ1n) is 6.32. The van der Waals surface area contributed by atoms with Crippen LogP contribution in [0.5, 0.6) is 0 Å². The van der Waals surface area contributed by atoms with Crippen LogP contribution in [0.3, 0.4) is 0 Å². The molecule has 1 aliphatic heterocycles. The van der Waals surface area contributed by atoms with Crippen LogP contribution in [0.25, 0.3) is 0 Å². The molecule has 15 heavy (non-hydrogen) atoms. The van der Waals surface area contributed by atoms with Gasteiger partial charge >= 0.3 is 0 Å². The van der Waals surface area contributed by atoms with Crippen LogP contribution >= 0.6 is 0 Å². The van der Waals surface area contributed by atoms with E-state index in [-0.39, 0.29) is 0 Å². The van der Waals surface area contributed by atoms with E-state index in [1.807, 2.05) is 0 Å². The Hall–Kier alpha value is -0.0800. The van der Waals surface area contributed by atoms with E-state index in [0.717, 1.165) is 12.5 Å². The maximum Gasteiger partial charge on any atom is 0.0269 e. The minimum absolute atomic E-state index is 0.292. The Morgan fingerprint density at radius 3 is 2.33 bits per heavy atom. The molecule has 3 unspecified atom stereocenters. The second-order valence-electron chi connectivity index (χ2n) is 6.35. The maximum absolute atomic E-state index is 5.96. The van der Waals surface area contributed by atoms with E-state index in [9.17, 15) is 0 Å². The average Bonchev–Trinajstić information content (AvgIpc) is 2.10. The van der Waals surface area contributed by atoms with Gasteiger partial charge in [-0.2, -0.15) is 0 Å². The van der Waals surface area contributed by atoms with Crippen LogP contribution in [-0.2, 0) is 0 Å². The lowest BCUT2D eigenvalue weighted by Crippen LogP contribution is -2.55. The summed E-state index contributed by atoms with van der Waals surface area (Å²) in [5.74, 6) is 0.831. The summed E-state index contributed by atoms with van der Waals surface area (Å²) < 4.78 is 0. The molecule has 3 atom stereocenters. The zero-order valence-electron chi connectivity index (χ0n) is 11.1. The molecule has 2 heteroatoms. The first-order valence-corrected chi connectivity index (χ1v) is 6.32. The van der Waals surface area contributed by atoms with Crippen molar-refractivity contribution < 1.29 is 0 Å². The summed E-state index contributed by atoms with van der Waals surface area (Å²) in [5, 5.41) is 0. The Labute approximate surface area is 95.2 Å². The summed E-state index contributed by atoms with van der Waals surface area (Å²) in [4.78, 5) is 2.63. The fourth-order valence-electron chi connectivity index (χ4n) is 2.74. The SMILES string of the molecule is CC1CCC(C)N(C(CN)C(C)(C)C)C1. The lowest BCUT2D eigenvalue weighted by molar-refractivity contribution is 0.0271. The van der Waals surface area contributed by atoms with Crippen molar-refractivity contribution in [1.82, 2.24) is 4.90 Å². The lowest BCUT2D eigenvalue weighted by atomic mass is 9.82. The molecule has 0 radical (unpaired) electrons. The third-order valence-corrected chi connectivity index (χ3v) is 3.79. The lowest BCUT2D eigenvalue weighted by Gasteiger charge is -2.46. The molecule has 0 aromatic heterocycles. The molecule has 1 rings (SSSR count). The Kier molecular flexibility index (Phi) is 4.19. The van der Waals surface area contributed by atoms with Gasteiger partial charge in [0.1, 0.15) is 0 Å². The fourth-order valence-corrected chi connectivity index (χ4v) is 2.74. The van der Waals surface area contributed by atoms with Gasteiger partial charge in [0.25, 0.3) is 0 Å². The van der Waals surface area contributed by atoms with Crippen LogP contribution in [0.15, 0.2) is 0 Å². The minimum Gasteiger partial charge on any atom is -0.329 e. The van der Waals surface area contributed by atoms with Gasteiger partial charge in [-0.15, -0.1) is 0 Å². The van der Waals surface area contributed by atoms with Crippen LogP contribution in [0.1, 0.15) is 47.5 Å². The molecular weight excluding hydrogens is 184 g/mol. The van der Waals surface area contributed by atoms with Crippen molar-refractivity contribution >= 4 is 0 Å². The molecule has 2 nitrogen and oxygen atoms in total. The predicted molar refractivity (Wildman–Crippen MR) is 66.9 cm³/mol. The van der Waals surface area contributed by atoms with Gasteiger partial charge in [0.05, 0.1) is 0 Å². The van der Waals surface area contributed by atoms with Gasteiger partial charge in [-0.1, -0.05) is 27.7 Å². The number of nitrogens with zero attached hydrogens (tertiary/aromatic N) is 1. The van der Waals surface area contributed by atoms with Crippen LogP contribution in [0.2, 0.25) is 0 Å². The van der Waals surface area contributed by atoms with E-state index in [1.54, 1.807) is 0 Å². The average molecular weight is 212 g/mol. The second-order valence-corrected chi connectivity index (χ2v) is 6.35.